The minimum atomic E-state index is -4.51. The number of halogens is 6. The number of pyridine rings is 1. The van der Waals surface area contributed by atoms with Gasteiger partial charge in [0.2, 0.25) is 0 Å². The predicted octanol–water partition coefficient (Wildman–Crippen LogP) is 5.50. The normalized spacial score (nSPS) is 18.3. The Labute approximate surface area is 228 Å². The van der Waals surface area contributed by atoms with Gasteiger partial charge in [0.05, 0.1) is 11.1 Å². The van der Waals surface area contributed by atoms with Crippen molar-refractivity contribution < 1.29 is 40.7 Å². The van der Waals surface area contributed by atoms with Gasteiger partial charge in [-0.3, -0.25) is 9.59 Å². The van der Waals surface area contributed by atoms with E-state index in [0.717, 1.165) is 25.0 Å². The van der Waals surface area contributed by atoms with E-state index in [2.05, 4.69) is 10.3 Å². The summed E-state index contributed by atoms with van der Waals surface area (Å²) < 4.78 is 81.3. The average Bonchev–Trinajstić information content (AvgIpc) is 2.87. The van der Waals surface area contributed by atoms with Crippen LogP contribution in [0, 0.1) is 0 Å². The zero-order chi connectivity index (χ0) is 29.7. The first-order valence-electron chi connectivity index (χ1n) is 12.8. The molecular weight excluding hydrogens is 542 g/mol. The molecule has 2 atom stereocenters. The molecule has 2 N–H and O–H groups in total. The second-order valence-electron chi connectivity index (χ2n) is 10.2. The molecule has 0 spiro atoms. The first-order valence-corrected chi connectivity index (χ1v) is 12.8. The molecule has 1 aromatic carbocycles. The maximum atomic E-state index is 13.0. The molecule has 2 heterocycles. The fraction of sp³-hybridized carbons (Fsp3) is 0.519. The van der Waals surface area contributed by atoms with Gasteiger partial charge in [-0.05, 0) is 69.5 Å². The van der Waals surface area contributed by atoms with Crippen LogP contribution in [-0.2, 0) is 11.0 Å². The fourth-order valence-electron chi connectivity index (χ4n) is 4.48. The van der Waals surface area contributed by atoms with Crippen LogP contribution in [-0.4, -0.2) is 53.7 Å². The minimum Gasteiger partial charge on any atom is -0.478 e. The van der Waals surface area contributed by atoms with Gasteiger partial charge in [-0.25, -0.2) is 4.98 Å². The van der Waals surface area contributed by atoms with Gasteiger partial charge in [-0.2, -0.15) is 26.3 Å². The van der Waals surface area contributed by atoms with Gasteiger partial charge < -0.3 is 20.3 Å². The van der Waals surface area contributed by atoms with Crippen molar-refractivity contribution in [2.24, 2.45) is 0 Å². The largest absolute Gasteiger partial charge is 0.478 e. The molecule has 1 aliphatic heterocycles. The van der Waals surface area contributed by atoms with Crippen molar-refractivity contribution in [3.8, 4) is 5.75 Å². The lowest BCUT2D eigenvalue weighted by molar-refractivity contribution is -0.138. The standard InChI is InChI=1S/C27H32F6N4O3/c1-4-5-20-14-19(36-24(39)25(2,3)40-21-9-7-18(8-10-21)27(31,32)33)12-13-37(20)22-11-6-17(15-34-22)23(38)35-16-26(28,29)30/h6-11,15,19-20H,4-5,12-14,16H2,1-3H3,(H,35,38)(H,36,39). The number of hydrogen-bond acceptors (Lipinski definition) is 5. The Morgan fingerprint density at radius 3 is 2.27 bits per heavy atom. The van der Waals surface area contributed by atoms with Gasteiger partial charge in [-0.1, -0.05) is 13.3 Å². The summed E-state index contributed by atoms with van der Waals surface area (Å²) in [7, 11) is 0. The number of carbonyl (C=O) groups excluding carboxylic acids is 2. The molecule has 220 valence electrons. The maximum Gasteiger partial charge on any atom is 0.416 e. The van der Waals surface area contributed by atoms with Crippen molar-refractivity contribution in [2.45, 2.75) is 76.5 Å². The first kappa shape index (κ1) is 31.0. The van der Waals surface area contributed by atoms with E-state index in [1.165, 1.54) is 38.2 Å². The number of hydrogen-bond donors (Lipinski definition) is 2. The van der Waals surface area contributed by atoms with Gasteiger partial charge in [0, 0.05) is 24.8 Å². The molecule has 40 heavy (non-hydrogen) atoms. The Morgan fingerprint density at radius 1 is 1.05 bits per heavy atom. The number of benzene rings is 1. The Hall–Kier alpha value is -3.51. The van der Waals surface area contributed by atoms with E-state index >= 15 is 0 Å². The minimum absolute atomic E-state index is 0.000370. The average molecular weight is 575 g/mol. The number of carbonyl (C=O) groups is 2. The molecule has 0 radical (unpaired) electrons. The van der Waals surface area contributed by atoms with Gasteiger partial charge in [0.25, 0.3) is 11.8 Å². The monoisotopic (exact) mass is 574 g/mol. The molecule has 1 fully saturated rings. The Kier molecular flexibility index (Phi) is 9.57. The number of nitrogens with one attached hydrogen (secondary N) is 2. The van der Waals surface area contributed by atoms with Crippen LogP contribution in [0.2, 0.25) is 0 Å². The zero-order valence-electron chi connectivity index (χ0n) is 22.3. The third-order valence-corrected chi connectivity index (χ3v) is 6.53. The summed E-state index contributed by atoms with van der Waals surface area (Å²) in [5.74, 6) is -0.576. The molecule has 0 aliphatic carbocycles. The van der Waals surface area contributed by atoms with E-state index in [1.54, 1.807) is 6.07 Å². The third-order valence-electron chi connectivity index (χ3n) is 6.53. The number of ether oxygens (including phenoxy) is 1. The molecule has 13 heteroatoms. The quantitative estimate of drug-likeness (QED) is 0.387. The summed E-state index contributed by atoms with van der Waals surface area (Å²) in [6.07, 6.45) is -4.96. The van der Waals surface area contributed by atoms with Crippen LogP contribution in [0.5, 0.6) is 5.75 Å². The molecule has 2 aromatic rings. The van der Waals surface area contributed by atoms with Gasteiger partial charge in [-0.15, -0.1) is 0 Å². The topological polar surface area (TPSA) is 83.6 Å². The molecule has 1 saturated heterocycles. The van der Waals surface area contributed by atoms with E-state index in [4.69, 9.17) is 4.74 Å². The number of anilines is 1. The SMILES string of the molecule is CCCC1CC(NC(=O)C(C)(C)Oc2ccc(C(F)(F)F)cc2)CCN1c1ccc(C(=O)NCC(F)(F)F)cn1. The van der Waals surface area contributed by atoms with Gasteiger partial charge >= 0.3 is 12.4 Å². The molecule has 0 bridgehead atoms. The summed E-state index contributed by atoms with van der Waals surface area (Å²) in [5, 5.41) is 4.80. The van der Waals surface area contributed by atoms with E-state index < -0.39 is 41.9 Å². The highest BCUT2D eigenvalue weighted by Crippen LogP contribution is 2.31. The summed E-state index contributed by atoms with van der Waals surface area (Å²) in [6.45, 7) is 4.19. The molecule has 7 nitrogen and oxygen atoms in total. The number of alkyl halides is 6. The van der Waals surface area contributed by atoms with Crippen molar-refractivity contribution in [3.05, 3.63) is 53.7 Å². The lowest BCUT2D eigenvalue weighted by Gasteiger charge is -2.41. The van der Waals surface area contributed by atoms with Crippen molar-refractivity contribution in [2.75, 3.05) is 18.0 Å². The lowest BCUT2D eigenvalue weighted by atomic mass is 9.93. The summed E-state index contributed by atoms with van der Waals surface area (Å²) in [5.41, 5.74) is -2.15. The van der Waals surface area contributed by atoms with Crippen LogP contribution >= 0.6 is 0 Å². The van der Waals surface area contributed by atoms with Crippen molar-refractivity contribution in [1.82, 2.24) is 15.6 Å². The number of aromatic nitrogens is 1. The number of nitrogens with zero attached hydrogens (tertiary/aromatic N) is 2. The number of rotatable bonds is 9. The van der Waals surface area contributed by atoms with Crippen molar-refractivity contribution in [3.63, 3.8) is 0 Å². The predicted molar refractivity (Wildman–Crippen MR) is 136 cm³/mol. The Bertz CT molecular complexity index is 1150. The number of piperidine rings is 1. The van der Waals surface area contributed by atoms with Gasteiger partial charge in [0.1, 0.15) is 18.1 Å². The first-order chi connectivity index (χ1) is 18.6. The Morgan fingerprint density at radius 2 is 1.73 bits per heavy atom. The Balaban J connectivity index is 1.60. The fourth-order valence-corrected chi connectivity index (χ4v) is 4.48. The molecule has 1 aliphatic rings. The molecule has 2 amide bonds. The number of amides is 2. The molecule has 3 rings (SSSR count). The summed E-state index contributed by atoms with van der Waals surface area (Å²) >= 11 is 0. The van der Waals surface area contributed by atoms with Crippen molar-refractivity contribution >= 4 is 17.6 Å². The van der Waals surface area contributed by atoms with Crippen LogP contribution in [0.3, 0.4) is 0 Å². The maximum absolute atomic E-state index is 13.0. The smallest absolute Gasteiger partial charge is 0.416 e. The van der Waals surface area contributed by atoms with Crippen molar-refractivity contribution in [1.29, 1.82) is 0 Å². The highest BCUT2D eigenvalue weighted by Gasteiger charge is 2.36. The van der Waals surface area contributed by atoms with Crippen LogP contribution in [0.15, 0.2) is 42.6 Å². The zero-order valence-corrected chi connectivity index (χ0v) is 22.3. The van der Waals surface area contributed by atoms with E-state index in [9.17, 15) is 35.9 Å². The second kappa shape index (κ2) is 12.3. The molecule has 0 saturated carbocycles. The lowest BCUT2D eigenvalue weighted by Crippen LogP contribution is -2.55. The van der Waals surface area contributed by atoms with Crippen LogP contribution in [0.25, 0.3) is 0 Å². The van der Waals surface area contributed by atoms with Crippen LogP contribution < -0.4 is 20.3 Å². The molecule has 1 aromatic heterocycles. The van der Waals surface area contributed by atoms with Gasteiger partial charge in [0.15, 0.2) is 5.60 Å². The molecular formula is C27H32F6N4O3. The summed E-state index contributed by atoms with van der Waals surface area (Å²) in [4.78, 5) is 31.4. The molecule has 2 unspecified atom stereocenters. The van der Waals surface area contributed by atoms with E-state index in [1.807, 2.05) is 17.1 Å². The van der Waals surface area contributed by atoms with Crippen LogP contribution in [0.4, 0.5) is 32.2 Å². The van der Waals surface area contributed by atoms with E-state index in [-0.39, 0.29) is 23.4 Å². The third kappa shape index (κ3) is 8.49. The summed E-state index contributed by atoms with van der Waals surface area (Å²) in [6, 6.07) is 6.95. The highest BCUT2D eigenvalue weighted by molar-refractivity contribution is 5.94. The highest BCUT2D eigenvalue weighted by atomic mass is 19.4. The second-order valence-corrected chi connectivity index (χ2v) is 10.2. The van der Waals surface area contributed by atoms with Crippen LogP contribution in [0.1, 0.15) is 62.4 Å². The van der Waals surface area contributed by atoms with E-state index in [0.29, 0.717) is 25.2 Å².